The third-order valence-corrected chi connectivity index (χ3v) is 4.46. The van der Waals surface area contributed by atoms with Gasteiger partial charge in [-0.3, -0.25) is 14.2 Å². The van der Waals surface area contributed by atoms with E-state index in [-0.39, 0.29) is 29.8 Å². The van der Waals surface area contributed by atoms with Gasteiger partial charge in [-0.1, -0.05) is 0 Å². The van der Waals surface area contributed by atoms with Gasteiger partial charge in [0.15, 0.2) is 0 Å². The van der Waals surface area contributed by atoms with E-state index in [9.17, 15) is 14.4 Å². The van der Waals surface area contributed by atoms with Gasteiger partial charge in [-0.15, -0.1) is 0 Å². The van der Waals surface area contributed by atoms with Gasteiger partial charge in [0.25, 0.3) is 5.91 Å². The summed E-state index contributed by atoms with van der Waals surface area (Å²) in [6, 6.07) is 0. The van der Waals surface area contributed by atoms with Gasteiger partial charge in [-0.25, -0.2) is 14.9 Å². The monoisotopic (exact) mass is 320 g/mol. The lowest BCUT2D eigenvalue weighted by Crippen LogP contribution is -2.41. The Morgan fingerprint density at radius 1 is 1.30 bits per heavy atom. The normalized spacial score (nSPS) is 19.4. The number of amides is 2. The molecule has 2 aliphatic rings. The molecule has 1 fully saturated rings. The Bertz CT molecular complexity index is 710. The zero-order valence-corrected chi connectivity index (χ0v) is 13.3. The van der Waals surface area contributed by atoms with Gasteiger partial charge in [-0.05, 0) is 19.8 Å². The third kappa shape index (κ3) is 2.78. The number of hydrogen-bond donors (Lipinski definition) is 1. The number of carbonyl (C=O) groups is 2. The molecule has 0 spiro atoms. The van der Waals surface area contributed by atoms with Crippen molar-refractivity contribution >= 4 is 17.5 Å². The van der Waals surface area contributed by atoms with Crippen LogP contribution in [0.4, 0.5) is 0 Å². The number of nitrogens with zero attached hydrogens (tertiary/aromatic N) is 5. The Labute approximate surface area is 132 Å². The predicted octanol–water partition coefficient (Wildman–Crippen LogP) is -0.577. The molecule has 1 aromatic rings. The van der Waals surface area contributed by atoms with E-state index in [1.807, 2.05) is 6.92 Å². The number of nitrogens with one attached hydrogen (secondary N) is 1. The van der Waals surface area contributed by atoms with Gasteiger partial charge >= 0.3 is 5.69 Å². The first-order valence-electron chi connectivity index (χ1n) is 7.79. The molecule has 2 amide bonds. The molecule has 124 valence electrons. The number of piperidine rings is 1. The molecule has 9 nitrogen and oxygen atoms in total. The third-order valence-electron chi connectivity index (χ3n) is 4.46. The lowest BCUT2D eigenvalue weighted by molar-refractivity contribution is -0.129. The van der Waals surface area contributed by atoms with E-state index in [1.54, 1.807) is 11.9 Å². The molecule has 0 radical (unpaired) electrons. The largest absolute Gasteiger partial charge is 0.343 e. The minimum Gasteiger partial charge on any atom is -0.337 e. The summed E-state index contributed by atoms with van der Waals surface area (Å²) in [5.74, 6) is 0.593. The van der Waals surface area contributed by atoms with Gasteiger partial charge in [0.2, 0.25) is 5.91 Å². The molecule has 9 heteroatoms. The van der Waals surface area contributed by atoms with E-state index in [1.165, 1.54) is 9.58 Å². The van der Waals surface area contributed by atoms with Crippen molar-refractivity contribution in [2.24, 2.45) is 12.1 Å². The number of aromatic nitrogens is 3. The smallest absolute Gasteiger partial charge is 0.337 e. The second kappa shape index (κ2) is 5.98. The van der Waals surface area contributed by atoms with Gasteiger partial charge in [0.05, 0.1) is 6.42 Å². The lowest BCUT2D eigenvalue weighted by atomic mass is 9.95. The van der Waals surface area contributed by atoms with Crippen molar-refractivity contribution in [2.75, 3.05) is 19.6 Å². The maximum absolute atomic E-state index is 12.5. The van der Waals surface area contributed by atoms with Crippen molar-refractivity contribution in [3.63, 3.8) is 0 Å². The Kier molecular flexibility index (Phi) is 4.01. The minimum atomic E-state index is -0.225. The van der Waals surface area contributed by atoms with Crippen molar-refractivity contribution in [1.82, 2.24) is 24.7 Å². The number of H-pyrrole nitrogens is 1. The van der Waals surface area contributed by atoms with E-state index in [2.05, 4.69) is 15.3 Å². The predicted molar refractivity (Wildman–Crippen MR) is 81.8 cm³/mol. The van der Waals surface area contributed by atoms with Crippen LogP contribution in [-0.2, 0) is 16.6 Å². The van der Waals surface area contributed by atoms with Crippen LogP contribution in [0.25, 0.3) is 0 Å². The fourth-order valence-electron chi connectivity index (χ4n) is 3.08. The van der Waals surface area contributed by atoms with Crippen LogP contribution in [0.2, 0.25) is 0 Å². The number of rotatable bonds is 3. The number of likely N-dealkylation sites (tertiary alicyclic amines) is 1. The quantitative estimate of drug-likeness (QED) is 0.805. The zero-order chi connectivity index (χ0) is 16.6. The second-order valence-electron chi connectivity index (χ2n) is 5.85. The summed E-state index contributed by atoms with van der Waals surface area (Å²) in [7, 11) is 1.69. The maximum atomic E-state index is 12.5. The van der Waals surface area contributed by atoms with E-state index in [0.717, 1.165) is 18.7 Å². The molecule has 0 unspecified atom stereocenters. The summed E-state index contributed by atoms with van der Waals surface area (Å²) < 4.78 is 1.51. The van der Waals surface area contributed by atoms with Crippen LogP contribution >= 0.6 is 0 Å². The van der Waals surface area contributed by atoms with Crippen LogP contribution in [-0.4, -0.2) is 61.8 Å². The zero-order valence-electron chi connectivity index (χ0n) is 13.3. The molecule has 0 bridgehead atoms. The molecule has 2 aliphatic heterocycles. The molecule has 0 saturated carbocycles. The molecule has 1 N–H and O–H groups in total. The Hall–Kier alpha value is -2.45. The van der Waals surface area contributed by atoms with E-state index in [4.69, 9.17) is 0 Å². The standard InChI is InChI=1S/C14H20N6O3/c1-3-20-11(21)8-10(17-20)13(22)19-6-4-9(5-7-19)12-15-16-14(23)18(12)2/h9H,3-8H2,1-2H3,(H,16,23). The maximum Gasteiger partial charge on any atom is 0.343 e. The highest BCUT2D eigenvalue weighted by molar-refractivity contribution is 6.43. The lowest BCUT2D eigenvalue weighted by Gasteiger charge is -2.31. The Morgan fingerprint density at radius 3 is 2.52 bits per heavy atom. The van der Waals surface area contributed by atoms with Crippen LogP contribution in [0.3, 0.4) is 0 Å². The van der Waals surface area contributed by atoms with Gasteiger partial charge in [-0.2, -0.15) is 10.2 Å². The topological polar surface area (TPSA) is 104 Å². The molecule has 0 aliphatic carbocycles. The first-order valence-corrected chi connectivity index (χ1v) is 7.79. The SMILES string of the molecule is CCN1N=C(C(=O)N2CCC(c3n[nH]c(=O)n3C)CC2)CC1=O. The molecule has 0 atom stereocenters. The molecule has 1 aromatic heterocycles. The average Bonchev–Trinajstić information content (AvgIpc) is 3.10. The summed E-state index contributed by atoms with van der Waals surface area (Å²) in [5.41, 5.74) is 0.0967. The minimum absolute atomic E-state index is 0.0838. The first kappa shape index (κ1) is 15.4. The van der Waals surface area contributed by atoms with Crippen LogP contribution in [0, 0.1) is 0 Å². The highest BCUT2D eigenvalue weighted by Gasteiger charge is 2.33. The fourth-order valence-corrected chi connectivity index (χ4v) is 3.08. The molecular weight excluding hydrogens is 300 g/mol. The van der Waals surface area contributed by atoms with Gasteiger partial charge < -0.3 is 4.90 Å². The Balaban J connectivity index is 1.63. The van der Waals surface area contributed by atoms with Crippen LogP contribution in [0.5, 0.6) is 0 Å². The van der Waals surface area contributed by atoms with Crippen LogP contribution in [0.15, 0.2) is 9.90 Å². The first-order chi connectivity index (χ1) is 11.0. The van der Waals surface area contributed by atoms with Crippen molar-refractivity contribution in [1.29, 1.82) is 0 Å². The summed E-state index contributed by atoms with van der Waals surface area (Å²) >= 11 is 0. The number of aromatic amines is 1. The van der Waals surface area contributed by atoms with E-state index < -0.39 is 0 Å². The summed E-state index contributed by atoms with van der Waals surface area (Å²) in [6.07, 6.45) is 1.56. The molecule has 1 saturated heterocycles. The fraction of sp³-hybridized carbons (Fsp3) is 0.643. The highest BCUT2D eigenvalue weighted by atomic mass is 16.2. The summed E-state index contributed by atoms with van der Waals surface area (Å²) in [6.45, 7) is 3.45. The number of hydrogen-bond acceptors (Lipinski definition) is 5. The van der Waals surface area contributed by atoms with E-state index in [0.29, 0.717) is 25.3 Å². The van der Waals surface area contributed by atoms with E-state index >= 15 is 0 Å². The summed E-state index contributed by atoms with van der Waals surface area (Å²) in [4.78, 5) is 37.3. The van der Waals surface area contributed by atoms with Gasteiger partial charge in [0.1, 0.15) is 11.5 Å². The number of carbonyl (C=O) groups excluding carboxylic acids is 2. The molecule has 23 heavy (non-hydrogen) atoms. The number of hydrazone groups is 1. The van der Waals surface area contributed by atoms with Crippen molar-refractivity contribution in [3.8, 4) is 0 Å². The van der Waals surface area contributed by atoms with Gasteiger partial charge in [0, 0.05) is 32.6 Å². The molecular formula is C14H20N6O3. The molecule has 3 rings (SSSR count). The molecule has 0 aromatic carbocycles. The Morgan fingerprint density at radius 2 is 2.00 bits per heavy atom. The van der Waals surface area contributed by atoms with Crippen molar-refractivity contribution < 1.29 is 9.59 Å². The van der Waals surface area contributed by atoms with Crippen molar-refractivity contribution in [2.45, 2.75) is 32.1 Å². The second-order valence-corrected chi connectivity index (χ2v) is 5.85. The van der Waals surface area contributed by atoms with Crippen LogP contribution < -0.4 is 5.69 Å². The van der Waals surface area contributed by atoms with Crippen molar-refractivity contribution in [3.05, 3.63) is 16.3 Å². The highest BCUT2D eigenvalue weighted by Crippen LogP contribution is 2.26. The van der Waals surface area contributed by atoms with Crippen LogP contribution in [0.1, 0.15) is 37.9 Å². The summed E-state index contributed by atoms with van der Waals surface area (Å²) in [5, 5.41) is 11.9. The average molecular weight is 320 g/mol. The molecule has 3 heterocycles.